The number of ketones is 2. The van der Waals surface area contributed by atoms with Gasteiger partial charge in [-0.15, -0.1) is 0 Å². The molecule has 7 N–H and O–H groups in total. The van der Waals surface area contributed by atoms with Gasteiger partial charge in [-0.2, -0.15) is 0 Å². The fraction of sp³-hybridized carbons (Fsp3) is 0.536. The van der Waals surface area contributed by atoms with Crippen LogP contribution in [0.15, 0.2) is 34.8 Å². The summed E-state index contributed by atoms with van der Waals surface area (Å²) in [5.41, 5.74) is 1.56. The standard InChI is InChI=1S/C28H36N2O8/c1-7-10-27(3,4)13-9-8-12-11(2)14-16(21(32)15(12)20(13)31)24(35)28(38)18(22(14)33)19(30(5)6)23(34)17(25(28)36)26(29)37/h8-9,11,14,18-19,22,31,33-35,38H,7,10H2,1-6H3,(H2,29,37)/t11-,14+,18+,19-,22+,28+/m1/s1. The molecule has 0 saturated heterocycles. The Morgan fingerprint density at radius 1 is 1.16 bits per heavy atom. The third-order valence-electron chi connectivity index (χ3n) is 8.74. The van der Waals surface area contributed by atoms with Crippen LogP contribution in [0, 0.1) is 11.8 Å². The van der Waals surface area contributed by atoms with Crippen LogP contribution in [-0.4, -0.2) is 79.7 Å². The van der Waals surface area contributed by atoms with E-state index in [1.165, 1.54) is 19.0 Å². The summed E-state index contributed by atoms with van der Waals surface area (Å²) < 4.78 is 0. The fourth-order valence-electron chi connectivity index (χ4n) is 6.93. The highest BCUT2D eigenvalue weighted by Crippen LogP contribution is 2.56. The van der Waals surface area contributed by atoms with Gasteiger partial charge in [0.25, 0.3) is 5.91 Å². The molecule has 0 heterocycles. The molecule has 3 aliphatic rings. The lowest BCUT2D eigenvalue weighted by Crippen LogP contribution is -2.68. The monoisotopic (exact) mass is 528 g/mol. The van der Waals surface area contributed by atoms with E-state index in [1.54, 1.807) is 19.1 Å². The first-order valence-corrected chi connectivity index (χ1v) is 12.7. The van der Waals surface area contributed by atoms with Gasteiger partial charge in [-0.05, 0) is 37.4 Å². The average Bonchev–Trinajstić information content (AvgIpc) is 2.80. The summed E-state index contributed by atoms with van der Waals surface area (Å²) in [5.74, 6) is -8.79. The largest absolute Gasteiger partial charge is 0.510 e. The van der Waals surface area contributed by atoms with Crippen LogP contribution in [0.2, 0.25) is 0 Å². The Balaban J connectivity index is 2.02. The minimum atomic E-state index is -2.92. The first-order chi connectivity index (χ1) is 17.5. The number of nitrogens with two attached hydrogens (primary N) is 1. The van der Waals surface area contributed by atoms with Crippen molar-refractivity contribution >= 4 is 17.5 Å². The number of carbonyl (C=O) groups excluding carboxylic acids is 3. The van der Waals surface area contributed by atoms with Crippen LogP contribution in [-0.2, 0) is 15.0 Å². The van der Waals surface area contributed by atoms with E-state index < -0.39 is 81.1 Å². The molecule has 1 amide bonds. The van der Waals surface area contributed by atoms with Crippen molar-refractivity contribution in [3.63, 3.8) is 0 Å². The van der Waals surface area contributed by atoms with Crippen molar-refractivity contribution in [3.05, 3.63) is 51.5 Å². The summed E-state index contributed by atoms with van der Waals surface area (Å²) in [6.45, 7) is 7.61. The normalized spacial score (nSPS) is 31.3. The highest BCUT2D eigenvalue weighted by Gasteiger charge is 2.67. The molecule has 0 saturated carbocycles. The summed E-state index contributed by atoms with van der Waals surface area (Å²) in [4.78, 5) is 40.9. The van der Waals surface area contributed by atoms with Crippen molar-refractivity contribution in [2.45, 2.75) is 69.6 Å². The van der Waals surface area contributed by atoms with Crippen molar-refractivity contribution in [1.29, 1.82) is 0 Å². The van der Waals surface area contributed by atoms with Gasteiger partial charge in [0, 0.05) is 17.1 Å². The number of Topliss-reactive ketones (excluding diaryl/α,β-unsaturated/α-hetero) is 2. The van der Waals surface area contributed by atoms with E-state index in [1.807, 2.05) is 20.8 Å². The van der Waals surface area contributed by atoms with Crippen LogP contribution in [0.1, 0.15) is 67.9 Å². The molecular weight excluding hydrogens is 492 g/mol. The Morgan fingerprint density at radius 2 is 1.76 bits per heavy atom. The number of hydrogen-bond donors (Lipinski definition) is 6. The predicted molar refractivity (Wildman–Crippen MR) is 138 cm³/mol. The van der Waals surface area contributed by atoms with Crippen molar-refractivity contribution in [2.24, 2.45) is 17.6 Å². The Hall–Kier alpha value is -3.21. The molecule has 0 spiro atoms. The number of likely N-dealkylation sites (N-methyl/N-ethyl adjacent to an activating group) is 1. The Kier molecular flexibility index (Phi) is 6.54. The minimum absolute atomic E-state index is 0.0628. The molecule has 10 nitrogen and oxygen atoms in total. The smallest absolute Gasteiger partial charge is 0.255 e. The SMILES string of the molecule is CCCC(C)(C)c1ccc2c(c1O)C(=O)C1=C(O)[C@]3(O)C(=O)C(C(N)=O)=C(O)[C@H](N(C)C)[C@H]3[C@@H](O)[C@H]1[C@@H]2C. The molecule has 1 aromatic carbocycles. The second kappa shape index (κ2) is 8.93. The minimum Gasteiger partial charge on any atom is -0.510 e. The number of aliphatic hydroxyl groups excluding tert-OH is 3. The summed E-state index contributed by atoms with van der Waals surface area (Å²) in [5, 5.41) is 57.0. The van der Waals surface area contributed by atoms with E-state index >= 15 is 0 Å². The van der Waals surface area contributed by atoms with E-state index in [0.717, 1.165) is 12.8 Å². The number of phenolic OH excluding ortho intramolecular Hbond substituents is 1. The molecule has 0 radical (unpaired) electrons. The lowest BCUT2D eigenvalue weighted by Gasteiger charge is -2.53. The molecular formula is C28H36N2O8. The van der Waals surface area contributed by atoms with E-state index in [9.17, 15) is 39.9 Å². The number of primary amides is 1. The average molecular weight is 529 g/mol. The zero-order chi connectivity index (χ0) is 28.6. The van der Waals surface area contributed by atoms with E-state index in [4.69, 9.17) is 5.73 Å². The number of amides is 1. The Morgan fingerprint density at radius 3 is 2.29 bits per heavy atom. The molecule has 4 rings (SSSR count). The summed E-state index contributed by atoms with van der Waals surface area (Å²) in [7, 11) is 3.00. The highest BCUT2D eigenvalue weighted by atomic mass is 16.4. The number of hydrogen-bond acceptors (Lipinski definition) is 9. The van der Waals surface area contributed by atoms with E-state index in [-0.39, 0.29) is 11.3 Å². The quantitative estimate of drug-likeness (QED) is 0.310. The maximum atomic E-state index is 14.0. The number of aromatic hydroxyl groups is 1. The summed E-state index contributed by atoms with van der Waals surface area (Å²) in [6.07, 6.45) is -0.0455. The van der Waals surface area contributed by atoms with Crippen molar-refractivity contribution in [1.82, 2.24) is 4.90 Å². The van der Waals surface area contributed by atoms with Gasteiger partial charge in [0.05, 0.1) is 23.6 Å². The lowest BCUT2D eigenvalue weighted by atomic mass is 9.55. The first-order valence-electron chi connectivity index (χ1n) is 12.7. The van der Waals surface area contributed by atoms with Gasteiger partial charge in [0.2, 0.25) is 5.78 Å². The second-order valence-corrected chi connectivity index (χ2v) is 11.6. The van der Waals surface area contributed by atoms with Crippen LogP contribution >= 0.6 is 0 Å². The zero-order valence-electron chi connectivity index (χ0n) is 22.4. The van der Waals surface area contributed by atoms with Crippen LogP contribution in [0.25, 0.3) is 0 Å². The van der Waals surface area contributed by atoms with Gasteiger partial charge in [-0.3, -0.25) is 19.3 Å². The molecule has 0 aromatic heterocycles. The second-order valence-electron chi connectivity index (χ2n) is 11.6. The third kappa shape index (κ3) is 3.47. The molecule has 0 unspecified atom stereocenters. The topological polar surface area (TPSA) is 182 Å². The molecule has 10 heteroatoms. The number of fused-ring (bicyclic) bond motifs is 3. The Labute approximate surface area is 221 Å². The van der Waals surface area contributed by atoms with Gasteiger partial charge >= 0.3 is 0 Å². The fourth-order valence-corrected chi connectivity index (χ4v) is 6.93. The van der Waals surface area contributed by atoms with Crippen molar-refractivity contribution in [2.75, 3.05) is 14.1 Å². The molecule has 0 fully saturated rings. The zero-order valence-corrected chi connectivity index (χ0v) is 22.4. The lowest BCUT2D eigenvalue weighted by molar-refractivity contribution is -0.162. The summed E-state index contributed by atoms with van der Waals surface area (Å²) in [6, 6.07) is 2.20. The number of phenols is 1. The third-order valence-corrected chi connectivity index (χ3v) is 8.74. The highest BCUT2D eigenvalue weighted by molar-refractivity contribution is 6.25. The van der Waals surface area contributed by atoms with Gasteiger partial charge in [-0.25, -0.2) is 0 Å². The van der Waals surface area contributed by atoms with Crippen molar-refractivity contribution < 1.29 is 39.9 Å². The van der Waals surface area contributed by atoms with Crippen LogP contribution in [0.5, 0.6) is 5.75 Å². The number of benzene rings is 1. The molecule has 206 valence electrons. The molecule has 3 aliphatic carbocycles. The molecule has 38 heavy (non-hydrogen) atoms. The maximum absolute atomic E-state index is 14.0. The van der Waals surface area contributed by atoms with Crippen LogP contribution in [0.4, 0.5) is 0 Å². The molecule has 6 atom stereocenters. The van der Waals surface area contributed by atoms with Gasteiger partial charge in [-0.1, -0.05) is 46.2 Å². The van der Waals surface area contributed by atoms with Crippen LogP contribution < -0.4 is 5.73 Å². The first kappa shape index (κ1) is 27.8. The number of aliphatic hydroxyl groups is 4. The molecule has 1 aromatic rings. The van der Waals surface area contributed by atoms with Gasteiger partial charge in [0.15, 0.2) is 11.4 Å². The molecule has 0 aliphatic heterocycles. The van der Waals surface area contributed by atoms with Crippen molar-refractivity contribution in [3.8, 4) is 5.75 Å². The maximum Gasteiger partial charge on any atom is 0.255 e. The Bertz CT molecular complexity index is 1310. The summed E-state index contributed by atoms with van der Waals surface area (Å²) >= 11 is 0. The van der Waals surface area contributed by atoms with Gasteiger partial charge in [0.1, 0.15) is 22.8 Å². The van der Waals surface area contributed by atoms with Crippen LogP contribution in [0.3, 0.4) is 0 Å². The number of rotatable bonds is 5. The predicted octanol–water partition coefficient (Wildman–Crippen LogP) is 1.73. The van der Waals surface area contributed by atoms with E-state index in [0.29, 0.717) is 11.1 Å². The van der Waals surface area contributed by atoms with Gasteiger partial charge < -0.3 is 31.3 Å². The number of carbonyl (C=O) groups is 3. The number of nitrogens with zero attached hydrogens (tertiary/aromatic N) is 1. The van der Waals surface area contributed by atoms with E-state index in [2.05, 4.69) is 0 Å². The molecule has 0 bridgehead atoms.